The van der Waals surface area contributed by atoms with Gasteiger partial charge in [0.2, 0.25) is 0 Å². The van der Waals surface area contributed by atoms with Crippen LogP contribution in [0.15, 0.2) is 36.7 Å². The van der Waals surface area contributed by atoms with Crippen LogP contribution < -0.4 is 14.8 Å². The Labute approximate surface area is 126 Å². The molecule has 2 aromatic rings. The van der Waals surface area contributed by atoms with Crippen molar-refractivity contribution in [2.24, 2.45) is 0 Å². The number of hydrogen-bond acceptors (Lipinski definition) is 4. The molecule has 1 aromatic heterocycles. The molecule has 0 amide bonds. The van der Waals surface area contributed by atoms with Crippen molar-refractivity contribution < 1.29 is 9.47 Å². The Morgan fingerprint density at radius 3 is 2.48 bits per heavy atom. The van der Waals surface area contributed by atoms with E-state index >= 15 is 0 Å². The van der Waals surface area contributed by atoms with E-state index in [1.54, 1.807) is 14.2 Å². The number of ether oxygens (including phenoxy) is 2. The summed E-state index contributed by atoms with van der Waals surface area (Å²) in [6.07, 6.45) is 4.64. The maximum atomic E-state index is 5.36. The third-order valence-electron chi connectivity index (χ3n) is 3.53. The Kier molecular flexibility index (Phi) is 5.17. The molecule has 112 valence electrons. The number of aromatic nitrogens is 1. The average molecular weight is 286 g/mol. The van der Waals surface area contributed by atoms with E-state index < -0.39 is 0 Å². The van der Waals surface area contributed by atoms with Crippen LogP contribution in [0.5, 0.6) is 11.5 Å². The first-order valence-electron chi connectivity index (χ1n) is 6.97. The van der Waals surface area contributed by atoms with Gasteiger partial charge in [0.25, 0.3) is 0 Å². The highest BCUT2D eigenvalue weighted by atomic mass is 16.5. The molecule has 1 heterocycles. The summed E-state index contributed by atoms with van der Waals surface area (Å²) in [4.78, 5) is 4.27. The van der Waals surface area contributed by atoms with Gasteiger partial charge in [0.1, 0.15) is 0 Å². The molecule has 0 spiro atoms. The number of aryl methyl sites for hydroxylation is 1. The maximum Gasteiger partial charge on any atom is 0.160 e. The number of benzene rings is 1. The molecule has 21 heavy (non-hydrogen) atoms. The van der Waals surface area contributed by atoms with Gasteiger partial charge in [-0.1, -0.05) is 12.1 Å². The van der Waals surface area contributed by atoms with Crippen molar-refractivity contribution in [3.63, 3.8) is 0 Å². The van der Waals surface area contributed by atoms with Crippen LogP contribution in [0.25, 0.3) is 0 Å². The Morgan fingerprint density at radius 1 is 1.10 bits per heavy atom. The number of nitrogens with zero attached hydrogens (tertiary/aromatic N) is 1. The molecule has 0 fully saturated rings. The van der Waals surface area contributed by atoms with Crippen molar-refractivity contribution in [2.75, 3.05) is 21.3 Å². The van der Waals surface area contributed by atoms with Crippen LogP contribution in [-0.4, -0.2) is 26.3 Å². The van der Waals surface area contributed by atoms with Gasteiger partial charge in [0.05, 0.1) is 14.2 Å². The lowest BCUT2D eigenvalue weighted by molar-refractivity contribution is 0.354. The molecular formula is C17H22N2O2. The Morgan fingerprint density at radius 2 is 1.86 bits per heavy atom. The average Bonchev–Trinajstić information content (AvgIpc) is 2.52. The van der Waals surface area contributed by atoms with E-state index in [0.29, 0.717) is 0 Å². The molecule has 0 aliphatic rings. The highest BCUT2D eigenvalue weighted by Crippen LogP contribution is 2.29. The van der Waals surface area contributed by atoms with E-state index in [1.165, 1.54) is 16.7 Å². The summed E-state index contributed by atoms with van der Waals surface area (Å²) >= 11 is 0. The molecule has 4 nitrogen and oxygen atoms in total. The topological polar surface area (TPSA) is 43.4 Å². The molecule has 0 aliphatic heterocycles. The molecule has 1 unspecified atom stereocenters. The van der Waals surface area contributed by atoms with Gasteiger partial charge < -0.3 is 14.8 Å². The van der Waals surface area contributed by atoms with Crippen LogP contribution in [0.3, 0.4) is 0 Å². The quantitative estimate of drug-likeness (QED) is 0.886. The second-order valence-electron chi connectivity index (χ2n) is 5.03. The summed E-state index contributed by atoms with van der Waals surface area (Å²) in [5, 5.41) is 3.35. The zero-order chi connectivity index (χ0) is 15.2. The summed E-state index contributed by atoms with van der Waals surface area (Å²) in [5.74, 6) is 1.51. The summed E-state index contributed by atoms with van der Waals surface area (Å²) in [5.41, 5.74) is 3.54. The maximum absolute atomic E-state index is 5.36. The molecule has 0 bridgehead atoms. The minimum Gasteiger partial charge on any atom is -0.493 e. The summed E-state index contributed by atoms with van der Waals surface area (Å²) in [6.45, 7) is 2.06. The second kappa shape index (κ2) is 7.09. The van der Waals surface area contributed by atoms with E-state index in [9.17, 15) is 0 Å². The number of hydrogen-bond donors (Lipinski definition) is 1. The van der Waals surface area contributed by atoms with Crippen molar-refractivity contribution in [3.8, 4) is 11.5 Å². The first kappa shape index (κ1) is 15.3. The minimum atomic E-state index is 0.218. The lowest BCUT2D eigenvalue weighted by Crippen LogP contribution is -2.19. The Balaban J connectivity index is 2.22. The van der Waals surface area contributed by atoms with Crippen LogP contribution in [0.1, 0.15) is 22.7 Å². The number of methoxy groups -OCH3 is 2. The minimum absolute atomic E-state index is 0.218. The fourth-order valence-electron chi connectivity index (χ4n) is 2.40. The van der Waals surface area contributed by atoms with Crippen molar-refractivity contribution in [1.29, 1.82) is 0 Å². The Hall–Kier alpha value is -2.07. The zero-order valence-corrected chi connectivity index (χ0v) is 13.0. The molecule has 0 saturated heterocycles. The molecular weight excluding hydrogens is 264 g/mol. The predicted molar refractivity (Wildman–Crippen MR) is 84.0 cm³/mol. The van der Waals surface area contributed by atoms with Gasteiger partial charge in [-0.15, -0.1) is 0 Å². The number of nitrogens with one attached hydrogen (secondary N) is 1. The van der Waals surface area contributed by atoms with E-state index in [2.05, 4.69) is 29.4 Å². The molecule has 1 aromatic carbocycles. The molecule has 0 saturated carbocycles. The van der Waals surface area contributed by atoms with Crippen LogP contribution in [0.4, 0.5) is 0 Å². The van der Waals surface area contributed by atoms with Gasteiger partial charge in [-0.2, -0.15) is 0 Å². The van der Waals surface area contributed by atoms with Crippen molar-refractivity contribution in [2.45, 2.75) is 19.4 Å². The first-order chi connectivity index (χ1) is 10.2. The molecule has 2 rings (SSSR count). The summed E-state index contributed by atoms with van der Waals surface area (Å²) in [7, 11) is 5.27. The SMILES string of the molecule is CNC(Cc1ccc(OC)c(OC)c1)c1cncc(C)c1. The van der Waals surface area contributed by atoms with Crippen LogP contribution in [0, 0.1) is 6.92 Å². The van der Waals surface area contributed by atoms with Crippen molar-refractivity contribution in [3.05, 3.63) is 53.3 Å². The third-order valence-corrected chi connectivity index (χ3v) is 3.53. The highest BCUT2D eigenvalue weighted by Gasteiger charge is 2.12. The highest BCUT2D eigenvalue weighted by molar-refractivity contribution is 5.43. The van der Waals surface area contributed by atoms with Gasteiger partial charge in [-0.25, -0.2) is 0 Å². The molecule has 4 heteroatoms. The first-order valence-corrected chi connectivity index (χ1v) is 6.97. The van der Waals surface area contributed by atoms with Crippen molar-refractivity contribution in [1.82, 2.24) is 10.3 Å². The van der Waals surface area contributed by atoms with E-state index in [-0.39, 0.29) is 6.04 Å². The number of pyridine rings is 1. The van der Waals surface area contributed by atoms with Crippen LogP contribution >= 0.6 is 0 Å². The number of rotatable bonds is 6. The van der Waals surface area contributed by atoms with E-state index in [1.807, 2.05) is 31.6 Å². The van der Waals surface area contributed by atoms with Crippen LogP contribution in [0.2, 0.25) is 0 Å². The van der Waals surface area contributed by atoms with Crippen LogP contribution in [-0.2, 0) is 6.42 Å². The van der Waals surface area contributed by atoms with Gasteiger partial charge in [-0.05, 0) is 49.2 Å². The van der Waals surface area contributed by atoms with Crippen molar-refractivity contribution >= 4 is 0 Å². The second-order valence-corrected chi connectivity index (χ2v) is 5.03. The predicted octanol–water partition coefficient (Wildman–Crippen LogP) is 2.91. The van der Waals surface area contributed by atoms with Gasteiger partial charge in [0, 0.05) is 18.4 Å². The molecule has 0 radical (unpaired) electrons. The monoisotopic (exact) mass is 286 g/mol. The standard InChI is InChI=1S/C17H22N2O2/c1-12-7-14(11-19-10-12)15(18-2)8-13-5-6-16(20-3)17(9-13)21-4/h5-7,9-11,15,18H,8H2,1-4H3. The largest absolute Gasteiger partial charge is 0.493 e. The lowest BCUT2D eigenvalue weighted by atomic mass is 9.99. The van der Waals surface area contributed by atoms with E-state index in [0.717, 1.165) is 17.9 Å². The summed E-state index contributed by atoms with van der Waals surface area (Å²) < 4.78 is 10.6. The normalized spacial score (nSPS) is 12.0. The molecule has 1 N–H and O–H groups in total. The fourth-order valence-corrected chi connectivity index (χ4v) is 2.40. The molecule has 1 atom stereocenters. The summed E-state index contributed by atoms with van der Waals surface area (Å²) in [6, 6.07) is 8.40. The fraction of sp³-hybridized carbons (Fsp3) is 0.353. The van der Waals surface area contributed by atoms with E-state index in [4.69, 9.17) is 9.47 Å². The molecule has 0 aliphatic carbocycles. The zero-order valence-electron chi connectivity index (χ0n) is 13.0. The van der Waals surface area contributed by atoms with Gasteiger partial charge in [0.15, 0.2) is 11.5 Å². The van der Waals surface area contributed by atoms with Gasteiger partial charge >= 0.3 is 0 Å². The number of likely N-dealkylation sites (N-methyl/N-ethyl adjacent to an activating group) is 1. The smallest absolute Gasteiger partial charge is 0.160 e. The Bertz CT molecular complexity index is 599. The third kappa shape index (κ3) is 3.73. The van der Waals surface area contributed by atoms with Gasteiger partial charge in [-0.3, -0.25) is 4.98 Å². The lowest BCUT2D eigenvalue weighted by Gasteiger charge is -2.18.